The lowest BCUT2D eigenvalue weighted by molar-refractivity contribution is -0.135. The van der Waals surface area contributed by atoms with Crippen LogP contribution < -0.4 is 15.0 Å². The van der Waals surface area contributed by atoms with Crippen molar-refractivity contribution >= 4 is 21.4 Å². The highest BCUT2D eigenvalue weighted by Gasteiger charge is 2.42. The Labute approximate surface area is 195 Å². The molecule has 2 fully saturated rings. The molecule has 1 N–H and O–H groups in total. The summed E-state index contributed by atoms with van der Waals surface area (Å²) in [5.74, 6) is -0.0409. The van der Waals surface area contributed by atoms with Gasteiger partial charge in [-0.15, -0.1) is 0 Å². The molecular weight excluding hydrogens is 443 g/mol. The molecule has 1 amide bonds. The van der Waals surface area contributed by atoms with Gasteiger partial charge in [0.25, 0.3) is 5.91 Å². The van der Waals surface area contributed by atoms with Crippen LogP contribution in [0.4, 0.5) is 10.1 Å². The molecule has 2 bridgehead atoms. The zero-order valence-electron chi connectivity index (χ0n) is 19.5. The van der Waals surface area contributed by atoms with Gasteiger partial charge in [0.1, 0.15) is 11.6 Å². The maximum absolute atomic E-state index is 13.4. The molecule has 4 rings (SSSR count). The molecular formula is C25H31FN2O4S. The normalized spacial score (nSPS) is 22.8. The van der Waals surface area contributed by atoms with E-state index >= 15 is 0 Å². The maximum Gasteiger partial charge on any atom is 0.263 e. The molecule has 8 heteroatoms. The number of sulfone groups is 1. The molecule has 0 radical (unpaired) electrons. The van der Waals surface area contributed by atoms with Crippen LogP contribution in [-0.4, -0.2) is 44.3 Å². The van der Waals surface area contributed by atoms with Gasteiger partial charge in [-0.1, -0.05) is 0 Å². The number of hydrogen-bond donors (Lipinski definition) is 1. The summed E-state index contributed by atoms with van der Waals surface area (Å²) in [6, 6.07) is 12.0. The van der Waals surface area contributed by atoms with Crippen LogP contribution in [0.25, 0.3) is 0 Å². The number of hydrogen-bond acceptors (Lipinski definition) is 5. The number of benzene rings is 2. The minimum Gasteiger partial charge on any atom is -0.478 e. The number of nitrogens with one attached hydrogen (secondary N) is 1. The van der Waals surface area contributed by atoms with E-state index < -0.39 is 15.4 Å². The Morgan fingerprint density at radius 3 is 2.24 bits per heavy atom. The van der Waals surface area contributed by atoms with E-state index in [2.05, 4.69) is 10.2 Å². The molecule has 33 heavy (non-hydrogen) atoms. The molecule has 2 heterocycles. The summed E-state index contributed by atoms with van der Waals surface area (Å²) in [5, 5.41) is 3.17. The first-order valence-corrected chi connectivity index (χ1v) is 13.2. The van der Waals surface area contributed by atoms with Gasteiger partial charge in [-0.05, 0) is 94.5 Å². The average Bonchev–Trinajstić information content (AvgIpc) is 3.00. The van der Waals surface area contributed by atoms with E-state index in [1.807, 2.05) is 12.1 Å². The van der Waals surface area contributed by atoms with Gasteiger partial charge in [0.15, 0.2) is 15.4 Å². The van der Waals surface area contributed by atoms with Crippen LogP contribution in [0.15, 0.2) is 47.4 Å². The summed E-state index contributed by atoms with van der Waals surface area (Å²) >= 11 is 0. The first kappa shape index (κ1) is 23.5. The number of halogens is 1. The number of rotatable bonds is 6. The van der Waals surface area contributed by atoms with Gasteiger partial charge in [-0.2, -0.15) is 0 Å². The van der Waals surface area contributed by atoms with Crippen LogP contribution in [0, 0.1) is 12.7 Å². The van der Waals surface area contributed by atoms with E-state index in [9.17, 15) is 17.6 Å². The standard InChI is InChI=1S/C25H31FN2O4S/c1-16-13-17(26)5-12-23(16)32-25(2,3)24(29)27-18-14-20-6-7-21(15-18)28(20)19-8-10-22(11-9-19)33(4,30)31/h5,8-13,18,20-21H,6-7,14-15H2,1-4H3,(H,27,29)/t18-,20+,21-. The molecule has 6 nitrogen and oxygen atoms in total. The second-order valence-electron chi connectivity index (χ2n) is 9.72. The fraction of sp³-hybridized carbons (Fsp3) is 0.480. The van der Waals surface area contributed by atoms with Crippen molar-refractivity contribution in [2.75, 3.05) is 11.2 Å². The molecule has 3 atom stereocenters. The highest BCUT2D eigenvalue weighted by Crippen LogP contribution is 2.39. The lowest BCUT2D eigenvalue weighted by atomic mass is 9.95. The van der Waals surface area contributed by atoms with E-state index in [0.717, 1.165) is 31.4 Å². The zero-order chi connectivity index (χ0) is 24.0. The maximum atomic E-state index is 13.4. The monoisotopic (exact) mass is 474 g/mol. The SMILES string of the molecule is Cc1cc(F)ccc1OC(C)(C)C(=O)N[C@H]1C[C@H]2CC[C@@H](C1)N2c1ccc(S(C)(=O)=O)cc1. The van der Waals surface area contributed by atoms with Crippen molar-refractivity contribution in [1.29, 1.82) is 0 Å². The third kappa shape index (κ3) is 5.00. The summed E-state index contributed by atoms with van der Waals surface area (Å²) < 4.78 is 42.9. The van der Waals surface area contributed by atoms with E-state index in [0.29, 0.717) is 28.3 Å². The number of piperidine rings is 1. The molecule has 2 aliphatic rings. The van der Waals surface area contributed by atoms with Crippen LogP contribution >= 0.6 is 0 Å². The summed E-state index contributed by atoms with van der Waals surface area (Å²) in [6.45, 7) is 5.19. The highest BCUT2D eigenvalue weighted by atomic mass is 32.2. The van der Waals surface area contributed by atoms with Crippen molar-refractivity contribution in [3.63, 3.8) is 0 Å². The van der Waals surface area contributed by atoms with Crippen molar-refractivity contribution in [3.8, 4) is 5.75 Å². The summed E-state index contributed by atoms with van der Waals surface area (Å²) in [4.78, 5) is 15.7. The Hall–Kier alpha value is -2.61. The topological polar surface area (TPSA) is 75.7 Å². The number of ether oxygens (including phenoxy) is 1. The van der Waals surface area contributed by atoms with Crippen molar-refractivity contribution in [2.24, 2.45) is 0 Å². The molecule has 2 aromatic carbocycles. The highest BCUT2D eigenvalue weighted by molar-refractivity contribution is 7.90. The van der Waals surface area contributed by atoms with Gasteiger partial charge in [0, 0.05) is 30.1 Å². The van der Waals surface area contributed by atoms with Crippen LogP contribution in [0.3, 0.4) is 0 Å². The average molecular weight is 475 g/mol. The van der Waals surface area contributed by atoms with Gasteiger partial charge >= 0.3 is 0 Å². The van der Waals surface area contributed by atoms with Crippen LogP contribution in [-0.2, 0) is 14.6 Å². The van der Waals surface area contributed by atoms with Gasteiger partial charge in [0.2, 0.25) is 0 Å². The van der Waals surface area contributed by atoms with Gasteiger partial charge in [-0.3, -0.25) is 4.79 Å². The number of carbonyl (C=O) groups excluding carboxylic acids is 1. The smallest absolute Gasteiger partial charge is 0.263 e. The molecule has 0 saturated carbocycles. The van der Waals surface area contributed by atoms with Crippen LogP contribution in [0.2, 0.25) is 0 Å². The van der Waals surface area contributed by atoms with E-state index in [1.165, 1.54) is 18.4 Å². The van der Waals surface area contributed by atoms with Crippen LogP contribution in [0.5, 0.6) is 5.75 Å². The number of fused-ring (bicyclic) bond motifs is 2. The van der Waals surface area contributed by atoms with E-state index in [-0.39, 0.29) is 17.8 Å². The minimum atomic E-state index is -3.22. The largest absolute Gasteiger partial charge is 0.478 e. The Bertz CT molecular complexity index is 1130. The number of aryl methyl sites for hydroxylation is 1. The third-order valence-corrected chi connectivity index (χ3v) is 7.81. The Morgan fingerprint density at radius 1 is 1.09 bits per heavy atom. The fourth-order valence-electron chi connectivity index (χ4n) is 4.99. The number of anilines is 1. The van der Waals surface area contributed by atoms with Gasteiger partial charge in [-0.25, -0.2) is 12.8 Å². The predicted octanol–water partition coefficient (Wildman–Crippen LogP) is 4.01. The molecule has 2 aromatic rings. The molecule has 2 aliphatic heterocycles. The fourth-order valence-corrected chi connectivity index (χ4v) is 5.62. The van der Waals surface area contributed by atoms with E-state index in [1.54, 1.807) is 39.0 Å². The molecule has 0 aromatic heterocycles. The second kappa shape index (κ2) is 8.63. The lowest BCUT2D eigenvalue weighted by Crippen LogP contribution is -2.55. The van der Waals surface area contributed by atoms with Gasteiger partial charge in [0.05, 0.1) is 4.90 Å². The van der Waals surface area contributed by atoms with Crippen molar-refractivity contribution in [3.05, 3.63) is 53.8 Å². The molecule has 0 unspecified atom stereocenters. The quantitative estimate of drug-likeness (QED) is 0.685. The van der Waals surface area contributed by atoms with Crippen molar-refractivity contribution < 1.29 is 22.3 Å². The molecule has 0 spiro atoms. The summed E-state index contributed by atoms with van der Waals surface area (Å²) in [6.07, 6.45) is 4.94. The molecule has 2 saturated heterocycles. The third-order valence-electron chi connectivity index (χ3n) is 6.68. The van der Waals surface area contributed by atoms with Crippen molar-refractivity contribution in [2.45, 2.75) is 75.1 Å². The second-order valence-corrected chi connectivity index (χ2v) is 11.7. The Balaban J connectivity index is 1.41. The number of carbonyl (C=O) groups is 1. The number of nitrogens with zero attached hydrogens (tertiary/aromatic N) is 1. The van der Waals surface area contributed by atoms with Gasteiger partial charge < -0.3 is 15.0 Å². The summed E-state index contributed by atoms with van der Waals surface area (Å²) in [5.41, 5.74) is 0.569. The van der Waals surface area contributed by atoms with Crippen LogP contribution in [0.1, 0.15) is 45.1 Å². The van der Waals surface area contributed by atoms with E-state index in [4.69, 9.17) is 4.74 Å². The first-order valence-electron chi connectivity index (χ1n) is 11.3. The Kier molecular flexibility index (Phi) is 6.16. The number of amides is 1. The van der Waals surface area contributed by atoms with Crippen molar-refractivity contribution in [1.82, 2.24) is 5.32 Å². The molecule has 178 valence electrons. The lowest BCUT2D eigenvalue weighted by Gasteiger charge is -2.41. The first-order chi connectivity index (χ1) is 15.4. The molecule has 0 aliphatic carbocycles. The zero-order valence-corrected chi connectivity index (χ0v) is 20.3. The minimum absolute atomic E-state index is 0.0405. The summed E-state index contributed by atoms with van der Waals surface area (Å²) in [7, 11) is -3.22. The predicted molar refractivity (Wildman–Crippen MR) is 126 cm³/mol. The Morgan fingerprint density at radius 2 is 1.70 bits per heavy atom.